The minimum absolute atomic E-state index is 0. The number of hydrogen-bond donors (Lipinski definition) is 0. The van der Waals surface area contributed by atoms with Crippen molar-refractivity contribution in [3.8, 4) is 50.9 Å². The molecule has 0 aliphatic heterocycles. The minimum Gasteiger partial charge on any atom is -0.510 e. The van der Waals surface area contributed by atoms with E-state index >= 15 is 0 Å². The maximum atomic E-state index is 8.98. The number of aryl methyl sites for hydroxylation is 2. The van der Waals surface area contributed by atoms with E-state index in [0.717, 1.165) is 16.3 Å². The van der Waals surface area contributed by atoms with Gasteiger partial charge in [-0.25, -0.2) is 4.98 Å². The number of fused-ring (bicyclic) bond motifs is 5. The molecule has 0 saturated heterocycles. The molecular formula is C51H34N4OPt-2. The van der Waals surface area contributed by atoms with Gasteiger partial charge in [-0.05, 0) is 75.8 Å². The van der Waals surface area contributed by atoms with Crippen LogP contribution in [0.4, 0.5) is 0 Å². The predicted octanol–water partition coefficient (Wildman–Crippen LogP) is 11.4. The Hall–Kier alpha value is -6.55. The SMILES string of the molecule is [2H]c1c([2H])c([2H])c(-c2cccc(-c3c([2H])c([2H])c([2H])c([2H])c3[2H])c2-[n+]2[c-]n(-c3[c-]c(Oc4[c-]c5c(cc4)c4ccccc4n5-c4cc5c(cn4)C([2H])([2H])CC5([2H])[2H])ccc3)c3ccccc32)c([2H])c1[2H].[Pt]. The maximum absolute atomic E-state index is 8.98. The number of pyridine rings is 1. The third-order valence-corrected chi connectivity index (χ3v) is 9.81. The largest absolute Gasteiger partial charge is 0.510 e. The number of benzene rings is 7. The van der Waals surface area contributed by atoms with Crippen molar-refractivity contribution in [2.45, 2.75) is 19.2 Å². The summed E-state index contributed by atoms with van der Waals surface area (Å²) in [5.74, 6) is 0.976. The normalized spacial score (nSPS) is 17.5. The van der Waals surface area contributed by atoms with Gasteiger partial charge in [0, 0.05) is 49.8 Å². The van der Waals surface area contributed by atoms with Crippen LogP contribution in [0.3, 0.4) is 0 Å². The molecule has 0 saturated carbocycles. The first-order valence-corrected chi connectivity index (χ1v) is 17.8. The van der Waals surface area contributed by atoms with Crippen LogP contribution in [0, 0.1) is 18.5 Å². The molecule has 0 bridgehead atoms. The van der Waals surface area contributed by atoms with E-state index in [4.69, 9.17) is 23.9 Å². The van der Waals surface area contributed by atoms with Crippen LogP contribution in [0.1, 0.15) is 36.7 Å². The summed E-state index contributed by atoms with van der Waals surface area (Å²) in [6.07, 6.45) is 0.674. The molecule has 1 aliphatic rings. The van der Waals surface area contributed by atoms with Crippen LogP contribution >= 0.6 is 0 Å². The van der Waals surface area contributed by atoms with E-state index in [-0.39, 0.29) is 72.3 Å². The van der Waals surface area contributed by atoms with Crippen molar-refractivity contribution in [3.05, 3.63) is 199 Å². The standard InChI is InChI=1S/C51H34N4O.Pt/c1-3-14-35(15-4-1)42-23-13-24-43(36-16-5-2-6-17-36)51(42)54-34-53(47-26-9-10-27-48(47)54)39-20-12-21-40(31-39)56-41-28-29-45-44-22-7-8-25-46(44)55(49(45)32-41)50-30-37-18-11-19-38(37)33-52-50;/h1-10,12-17,20-30,33H,11,18-19H2;/q-2;/i1D,2D,3D,4D,5D,6D,14D,15D,16D,17D,18D2,19D2;. The Bertz CT molecular complexity index is 3750. The Kier molecular flexibility index (Phi) is 5.82. The number of hydrogen-bond acceptors (Lipinski definition) is 2. The molecule has 0 spiro atoms. The number of para-hydroxylation sites is 4. The average Bonchev–Trinajstić information content (AvgIpc) is 3.95. The topological polar surface area (TPSA) is 35.9 Å². The molecule has 0 fully saturated rings. The molecule has 7 aromatic carbocycles. The summed E-state index contributed by atoms with van der Waals surface area (Å²) >= 11 is 0. The molecule has 11 rings (SSSR count). The van der Waals surface area contributed by atoms with Crippen molar-refractivity contribution in [1.82, 2.24) is 14.1 Å². The minimum atomic E-state index is -1.91. The van der Waals surface area contributed by atoms with Crippen LogP contribution in [0.2, 0.25) is 0 Å². The molecule has 1 aliphatic carbocycles. The Morgan fingerprint density at radius 1 is 0.667 bits per heavy atom. The van der Waals surface area contributed by atoms with Gasteiger partial charge in [0.15, 0.2) is 0 Å². The van der Waals surface area contributed by atoms with Crippen LogP contribution in [0.15, 0.2) is 170 Å². The zero-order valence-electron chi connectivity index (χ0n) is 43.6. The number of ether oxygens (including phenoxy) is 1. The summed E-state index contributed by atoms with van der Waals surface area (Å²) in [4.78, 5) is 4.64. The quantitative estimate of drug-likeness (QED) is 0.118. The second kappa shape index (κ2) is 14.5. The molecule has 276 valence electrons. The molecule has 0 N–H and O–H groups in total. The van der Waals surface area contributed by atoms with Crippen LogP contribution in [0.5, 0.6) is 11.5 Å². The third-order valence-electron chi connectivity index (χ3n) is 9.81. The first-order chi connectivity index (χ1) is 33.4. The molecular weight excluding hydrogens is 880 g/mol. The van der Waals surface area contributed by atoms with Gasteiger partial charge in [-0.1, -0.05) is 127 Å². The van der Waals surface area contributed by atoms with Gasteiger partial charge in [-0.15, -0.1) is 29.7 Å². The van der Waals surface area contributed by atoms with E-state index in [2.05, 4.69) is 23.4 Å². The number of rotatable bonds is 7. The van der Waals surface area contributed by atoms with E-state index in [1.807, 2.05) is 41.0 Å². The molecule has 5 nitrogen and oxygen atoms in total. The van der Waals surface area contributed by atoms with Crippen LogP contribution in [0.25, 0.3) is 72.3 Å². The summed E-state index contributed by atoms with van der Waals surface area (Å²) < 4.78 is 132. The van der Waals surface area contributed by atoms with E-state index in [1.54, 1.807) is 75.9 Å². The summed E-state index contributed by atoms with van der Waals surface area (Å²) in [5.41, 5.74) is 3.34. The monoisotopic (exact) mass is 927 g/mol. The van der Waals surface area contributed by atoms with E-state index in [0.29, 0.717) is 33.8 Å². The van der Waals surface area contributed by atoms with Gasteiger partial charge in [-0.3, -0.25) is 4.57 Å². The summed E-state index contributed by atoms with van der Waals surface area (Å²) in [6.45, 7) is 0. The van der Waals surface area contributed by atoms with Gasteiger partial charge in [0.2, 0.25) is 0 Å². The second-order valence-electron chi connectivity index (χ2n) is 13.0. The van der Waals surface area contributed by atoms with Crippen molar-refractivity contribution in [1.29, 1.82) is 0 Å². The van der Waals surface area contributed by atoms with Crippen LogP contribution in [-0.4, -0.2) is 14.1 Å². The third kappa shape index (κ3) is 6.07. The molecule has 3 aromatic heterocycles. The Morgan fingerprint density at radius 2 is 1.35 bits per heavy atom. The molecule has 6 heteroatoms. The van der Waals surface area contributed by atoms with Crippen LogP contribution < -0.4 is 9.30 Å². The molecule has 0 radical (unpaired) electrons. The van der Waals surface area contributed by atoms with Gasteiger partial charge in [0.05, 0.1) is 30.4 Å². The summed E-state index contributed by atoms with van der Waals surface area (Å²) in [7, 11) is 0. The van der Waals surface area contributed by atoms with Crippen molar-refractivity contribution < 1.29 is 49.6 Å². The van der Waals surface area contributed by atoms with E-state index in [1.165, 1.54) is 6.20 Å². The predicted molar refractivity (Wildman–Crippen MR) is 223 cm³/mol. The van der Waals surface area contributed by atoms with Crippen LogP contribution in [-0.2, 0) is 33.8 Å². The fourth-order valence-electron chi connectivity index (χ4n) is 7.37. The second-order valence-corrected chi connectivity index (χ2v) is 13.0. The summed E-state index contributed by atoms with van der Waals surface area (Å²) in [6, 6.07) is 31.2. The molecule has 0 atom stereocenters. The number of aromatic nitrogens is 4. The first kappa shape index (κ1) is 22.9. The van der Waals surface area contributed by atoms with E-state index < -0.39 is 73.2 Å². The summed E-state index contributed by atoms with van der Waals surface area (Å²) in [5, 5.41) is 1.71. The average molecular weight is 928 g/mol. The van der Waals surface area contributed by atoms with Gasteiger partial charge in [0.25, 0.3) is 6.33 Å². The zero-order valence-corrected chi connectivity index (χ0v) is 31.9. The van der Waals surface area contributed by atoms with E-state index in [9.17, 15) is 0 Å². The van der Waals surface area contributed by atoms with Gasteiger partial charge < -0.3 is 13.9 Å². The maximum Gasteiger partial charge on any atom is 0.268 e. The fraction of sp³-hybridized carbons (Fsp3) is 0.0588. The Labute approximate surface area is 365 Å². The molecule has 0 amide bonds. The van der Waals surface area contributed by atoms with Gasteiger partial charge in [0.1, 0.15) is 5.82 Å². The molecule has 57 heavy (non-hydrogen) atoms. The van der Waals surface area contributed by atoms with Gasteiger partial charge in [-0.2, -0.15) is 18.2 Å². The van der Waals surface area contributed by atoms with Crippen molar-refractivity contribution in [3.63, 3.8) is 0 Å². The fourth-order valence-corrected chi connectivity index (χ4v) is 7.37. The number of imidazole rings is 1. The molecule has 10 aromatic rings. The van der Waals surface area contributed by atoms with Crippen molar-refractivity contribution >= 4 is 32.8 Å². The zero-order chi connectivity index (χ0) is 49.3. The smallest absolute Gasteiger partial charge is 0.268 e. The Balaban J connectivity index is 0.00000582. The molecule has 3 heterocycles. The van der Waals surface area contributed by atoms with Crippen molar-refractivity contribution in [2.75, 3.05) is 0 Å². The first-order valence-electron chi connectivity index (χ1n) is 24.8. The number of nitrogens with zero attached hydrogens (tertiary/aromatic N) is 4. The molecule has 0 unspecified atom stereocenters. The van der Waals surface area contributed by atoms with Gasteiger partial charge >= 0.3 is 0 Å². The van der Waals surface area contributed by atoms with Crippen molar-refractivity contribution in [2.24, 2.45) is 0 Å². The Morgan fingerprint density at radius 3 is 2.14 bits per heavy atom.